The second-order valence-corrected chi connectivity index (χ2v) is 8.48. The smallest absolute Gasteiger partial charge is 0.366 e. The van der Waals surface area contributed by atoms with Crippen molar-refractivity contribution >= 4 is 11.9 Å². The molecule has 7 nitrogen and oxygen atoms in total. The number of aromatic nitrogens is 2. The first-order chi connectivity index (χ1) is 14.6. The molecule has 2 aliphatic rings. The molecule has 2 aromatic rings. The molecule has 10 heteroatoms. The van der Waals surface area contributed by atoms with E-state index in [-0.39, 0.29) is 11.6 Å². The van der Waals surface area contributed by atoms with E-state index in [1.165, 1.54) is 24.5 Å². The van der Waals surface area contributed by atoms with E-state index in [0.717, 1.165) is 35.2 Å². The van der Waals surface area contributed by atoms with Gasteiger partial charge < -0.3 is 10.6 Å². The number of hydrogen-bond acceptors (Lipinski definition) is 4. The number of fused-ring (bicyclic) bond motifs is 1. The van der Waals surface area contributed by atoms with Gasteiger partial charge in [0.05, 0.1) is 17.3 Å². The summed E-state index contributed by atoms with van der Waals surface area (Å²) in [6.07, 6.45) is 0.158. The van der Waals surface area contributed by atoms with Crippen LogP contribution in [0.15, 0.2) is 36.7 Å². The molecule has 1 saturated carbocycles. The standard InChI is InChI=1S/C21H24F3N5O2/c1-27(9-13-2-4-17(5-3-13)21(22,23)24)18-6-14-10-28(11-15(14)7-18)20(31)29-12-16(8-26-29)19(25)30/h2-5,8,12,14-15,18H,6-7,9-11H2,1H3,(H2,25,30)/t14-,15?,18?/m1/s1. The lowest BCUT2D eigenvalue weighted by Gasteiger charge is -2.26. The van der Waals surface area contributed by atoms with E-state index in [4.69, 9.17) is 5.73 Å². The Morgan fingerprint density at radius 1 is 1.16 bits per heavy atom. The number of nitrogens with two attached hydrogens (primary N) is 1. The summed E-state index contributed by atoms with van der Waals surface area (Å²) in [5, 5.41) is 3.93. The van der Waals surface area contributed by atoms with Gasteiger partial charge in [0, 0.05) is 31.9 Å². The van der Waals surface area contributed by atoms with Crippen LogP contribution in [0.5, 0.6) is 0 Å². The van der Waals surface area contributed by atoms with Crippen molar-refractivity contribution in [3.63, 3.8) is 0 Å². The summed E-state index contributed by atoms with van der Waals surface area (Å²) >= 11 is 0. The summed E-state index contributed by atoms with van der Waals surface area (Å²) in [6.45, 7) is 1.83. The van der Waals surface area contributed by atoms with Crippen molar-refractivity contribution in [3.05, 3.63) is 53.3 Å². The molecule has 0 radical (unpaired) electrons. The average Bonchev–Trinajstić information content (AvgIpc) is 3.41. The SMILES string of the molecule is CN(Cc1ccc(C(F)(F)F)cc1)C1CC2CN(C(=O)n3cc(C(N)=O)cn3)C[C@H]2C1. The fourth-order valence-corrected chi connectivity index (χ4v) is 4.70. The summed E-state index contributed by atoms with van der Waals surface area (Å²) in [6, 6.07) is 5.35. The van der Waals surface area contributed by atoms with Crippen molar-refractivity contribution in [2.45, 2.75) is 31.6 Å². The first kappa shape index (κ1) is 21.4. The van der Waals surface area contributed by atoms with Crippen molar-refractivity contribution in [1.82, 2.24) is 19.6 Å². The quantitative estimate of drug-likeness (QED) is 0.801. The number of hydrogen-bond donors (Lipinski definition) is 1. The zero-order valence-corrected chi connectivity index (χ0v) is 17.0. The molecule has 2 heterocycles. The lowest BCUT2D eigenvalue weighted by molar-refractivity contribution is -0.137. The van der Waals surface area contributed by atoms with E-state index in [0.29, 0.717) is 37.5 Å². The Morgan fingerprint density at radius 3 is 2.29 bits per heavy atom. The molecule has 1 saturated heterocycles. The summed E-state index contributed by atoms with van der Waals surface area (Å²) in [7, 11) is 1.99. The van der Waals surface area contributed by atoms with Crippen LogP contribution in [0.25, 0.3) is 0 Å². The minimum atomic E-state index is -4.33. The van der Waals surface area contributed by atoms with Crippen LogP contribution >= 0.6 is 0 Å². The van der Waals surface area contributed by atoms with E-state index >= 15 is 0 Å². The summed E-state index contributed by atoms with van der Waals surface area (Å²) in [4.78, 5) is 27.8. The topological polar surface area (TPSA) is 84.5 Å². The Kier molecular flexibility index (Phi) is 5.50. The van der Waals surface area contributed by atoms with Crippen molar-refractivity contribution < 1.29 is 22.8 Å². The zero-order valence-electron chi connectivity index (χ0n) is 17.0. The van der Waals surface area contributed by atoms with E-state index in [1.54, 1.807) is 4.90 Å². The Bertz CT molecular complexity index is 958. The van der Waals surface area contributed by atoms with Crippen LogP contribution in [0.2, 0.25) is 0 Å². The van der Waals surface area contributed by atoms with Gasteiger partial charge in [-0.25, -0.2) is 4.79 Å². The molecule has 1 aromatic carbocycles. The highest BCUT2D eigenvalue weighted by atomic mass is 19.4. The first-order valence-electron chi connectivity index (χ1n) is 10.1. The van der Waals surface area contributed by atoms with Crippen LogP contribution < -0.4 is 5.73 Å². The van der Waals surface area contributed by atoms with E-state index < -0.39 is 17.6 Å². The zero-order chi connectivity index (χ0) is 22.3. The van der Waals surface area contributed by atoms with Gasteiger partial charge in [0.15, 0.2) is 0 Å². The number of alkyl halides is 3. The predicted octanol–water partition coefficient (Wildman–Crippen LogP) is 2.81. The van der Waals surface area contributed by atoms with Crippen LogP contribution in [0.1, 0.15) is 34.3 Å². The molecule has 3 atom stereocenters. The number of carbonyl (C=O) groups is 2. The second-order valence-electron chi connectivity index (χ2n) is 8.48. The van der Waals surface area contributed by atoms with Gasteiger partial charge in [0.1, 0.15) is 0 Å². The van der Waals surface area contributed by atoms with Crippen molar-refractivity contribution in [3.8, 4) is 0 Å². The average molecular weight is 435 g/mol. The molecule has 2 N–H and O–H groups in total. The summed E-state index contributed by atoms with van der Waals surface area (Å²) < 4.78 is 39.3. The van der Waals surface area contributed by atoms with Crippen molar-refractivity contribution in [2.24, 2.45) is 17.6 Å². The molecule has 31 heavy (non-hydrogen) atoms. The van der Waals surface area contributed by atoms with Gasteiger partial charge >= 0.3 is 12.2 Å². The number of benzene rings is 1. The van der Waals surface area contributed by atoms with E-state index in [2.05, 4.69) is 10.00 Å². The third kappa shape index (κ3) is 4.43. The molecular formula is C21H24F3N5O2. The third-order valence-corrected chi connectivity index (χ3v) is 6.40. The molecular weight excluding hydrogens is 411 g/mol. The minimum absolute atomic E-state index is 0.192. The molecule has 2 unspecified atom stereocenters. The number of rotatable bonds is 4. The molecule has 2 amide bonds. The molecule has 2 fully saturated rings. The van der Waals surface area contributed by atoms with Gasteiger partial charge in [-0.15, -0.1) is 0 Å². The highest BCUT2D eigenvalue weighted by Crippen LogP contribution is 2.40. The van der Waals surface area contributed by atoms with Crippen LogP contribution in [-0.4, -0.2) is 57.7 Å². The molecule has 1 aliphatic carbocycles. The second kappa shape index (κ2) is 7.99. The normalized spacial score (nSPS) is 23.4. The lowest BCUT2D eigenvalue weighted by atomic mass is 10.0. The van der Waals surface area contributed by atoms with Crippen molar-refractivity contribution in [1.29, 1.82) is 0 Å². The number of nitrogens with zero attached hydrogens (tertiary/aromatic N) is 4. The Balaban J connectivity index is 1.31. The predicted molar refractivity (Wildman–Crippen MR) is 106 cm³/mol. The maximum absolute atomic E-state index is 12.7. The Hall–Kier alpha value is -2.88. The Labute approximate surface area is 177 Å². The van der Waals surface area contributed by atoms with Gasteiger partial charge in [0.2, 0.25) is 0 Å². The summed E-state index contributed by atoms with van der Waals surface area (Å²) in [5.41, 5.74) is 5.60. The van der Waals surface area contributed by atoms with Gasteiger partial charge in [0.25, 0.3) is 5.91 Å². The van der Waals surface area contributed by atoms with Gasteiger partial charge in [-0.1, -0.05) is 12.1 Å². The molecule has 4 rings (SSSR count). The maximum Gasteiger partial charge on any atom is 0.416 e. The number of carbonyl (C=O) groups excluding carboxylic acids is 2. The highest BCUT2D eigenvalue weighted by molar-refractivity contribution is 5.93. The lowest BCUT2D eigenvalue weighted by Crippen LogP contribution is -2.36. The maximum atomic E-state index is 12.7. The molecule has 1 aliphatic heterocycles. The van der Waals surface area contributed by atoms with Crippen LogP contribution in [0.3, 0.4) is 0 Å². The van der Waals surface area contributed by atoms with Crippen LogP contribution in [0.4, 0.5) is 18.0 Å². The van der Waals surface area contributed by atoms with Gasteiger partial charge in [-0.2, -0.15) is 23.0 Å². The fraction of sp³-hybridized carbons (Fsp3) is 0.476. The molecule has 166 valence electrons. The number of primary amides is 1. The minimum Gasteiger partial charge on any atom is -0.366 e. The third-order valence-electron chi connectivity index (χ3n) is 6.40. The van der Waals surface area contributed by atoms with Gasteiger partial charge in [-0.05, 0) is 49.4 Å². The molecule has 1 aromatic heterocycles. The fourth-order valence-electron chi connectivity index (χ4n) is 4.70. The summed E-state index contributed by atoms with van der Waals surface area (Å²) in [5.74, 6) is 0.113. The largest absolute Gasteiger partial charge is 0.416 e. The van der Waals surface area contributed by atoms with Gasteiger partial charge in [-0.3, -0.25) is 9.69 Å². The molecule has 0 spiro atoms. The number of likely N-dealkylation sites (tertiary alicyclic amines) is 1. The monoisotopic (exact) mass is 435 g/mol. The Morgan fingerprint density at radius 2 is 1.77 bits per heavy atom. The van der Waals surface area contributed by atoms with Crippen molar-refractivity contribution in [2.75, 3.05) is 20.1 Å². The van der Waals surface area contributed by atoms with E-state index in [1.807, 2.05) is 7.05 Å². The van der Waals surface area contributed by atoms with E-state index in [9.17, 15) is 22.8 Å². The first-order valence-corrected chi connectivity index (χ1v) is 10.1. The van der Waals surface area contributed by atoms with Crippen LogP contribution in [0, 0.1) is 11.8 Å². The van der Waals surface area contributed by atoms with Crippen LogP contribution in [-0.2, 0) is 12.7 Å². The number of halogens is 3. The number of amides is 2. The highest BCUT2D eigenvalue weighted by Gasteiger charge is 2.43. The molecule has 0 bridgehead atoms.